The van der Waals surface area contributed by atoms with Crippen LogP contribution in [0.5, 0.6) is 0 Å². The van der Waals surface area contributed by atoms with Crippen LogP contribution in [0.15, 0.2) is 29.4 Å². The number of nitrogens with zero attached hydrogens (tertiary/aromatic N) is 2. The molecule has 8 heteroatoms. The molecule has 0 amide bonds. The third-order valence-corrected chi connectivity index (χ3v) is 1.93. The van der Waals surface area contributed by atoms with Crippen LogP contribution in [0, 0.1) is 4.91 Å². The minimum atomic E-state index is -5.19. The van der Waals surface area contributed by atoms with Gasteiger partial charge in [-0.3, -0.25) is 0 Å². The van der Waals surface area contributed by atoms with Gasteiger partial charge in [0.1, 0.15) is 5.97 Å². The molecule has 2 rings (SSSR count). The van der Waals surface area contributed by atoms with Crippen LogP contribution in [0.1, 0.15) is 5.56 Å². The topological polar surface area (TPSA) is 72.6 Å². The molecule has 0 atom stereocenters. The first-order valence-corrected chi connectivity index (χ1v) is 4.68. The number of carbonyl (C=O) groups excluding carboxylic acids is 1. The number of benzene rings is 1. The lowest BCUT2D eigenvalue weighted by molar-refractivity contribution is -0.469. The maximum absolute atomic E-state index is 11.0. The highest BCUT2D eigenvalue weighted by Crippen LogP contribution is 2.20. The second kappa shape index (κ2) is 5.39. The van der Waals surface area contributed by atoms with Crippen molar-refractivity contribution in [1.82, 2.24) is 0 Å². The van der Waals surface area contributed by atoms with Gasteiger partial charge in [-0.05, 0) is 0 Å². The zero-order chi connectivity index (χ0) is 13.8. The summed E-state index contributed by atoms with van der Waals surface area (Å²) in [6, 6.07) is 7.47. The van der Waals surface area contributed by atoms with Crippen molar-refractivity contribution in [3.05, 3.63) is 34.7 Å². The van der Waals surface area contributed by atoms with E-state index in [2.05, 4.69) is 5.10 Å². The van der Waals surface area contributed by atoms with E-state index < -0.39 is 12.1 Å². The molecule has 0 fully saturated rings. The Morgan fingerprint density at radius 1 is 1.33 bits per heavy atom. The number of carbonyl (C=O) groups is 1. The van der Waals surface area contributed by atoms with E-state index in [4.69, 9.17) is 9.90 Å². The van der Waals surface area contributed by atoms with Crippen molar-refractivity contribution in [2.45, 2.75) is 12.6 Å². The fourth-order valence-electron chi connectivity index (χ4n) is 1.15. The largest absolute Gasteiger partial charge is 0.542 e. The first-order valence-electron chi connectivity index (χ1n) is 4.68. The summed E-state index contributed by atoms with van der Waals surface area (Å²) < 4.78 is 31.5. The fraction of sp³-hybridized carbons (Fsp3) is 0.200. The van der Waals surface area contributed by atoms with Crippen LogP contribution in [0.2, 0.25) is 0 Å². The standard InChI is InChI=1S/C8H7N2O.C2HF3O2/c11-10-8-4-2-1-3-7(8)5-6-9-10;3-2(4,5)1(6)7/h1-4,6H,5H2;(H,6,7)/q+1;/p-1. The number of carboxylic acid groups (broad SMARTS) is 1. The summed E-state index contributed by atoms with van der Waals surface area (Å²) in [6.07, 6.45) is -2.82. The maximum atomic E-state index is 11.0. The normalized spacial score (nSPS) is 13.4. The number of alkyl halides is 3. The molecule has 0 spiro atoms. The molecule has 0 N–H and O–H groups in total. The van der Waals surface area contributed by atoms with Crippen LogP contribution in [0.25, 0.3) is 0 Å². The Labute approximate surface area is 99.1 Å². The summed E-state index contributed by atoms with van der Waals surface area (Å²) in [5.41, 5.74) is 1.70. The van der Waals surface area contributed by atoms with Gasteiger partial charge in [0.05, 0.1) is 11.1 Å². The summed E-state index contributed by atoms with van der Waals surface area (Å²) in [7, 11) is 0. The molecule has 0 unspecified atom stereocenters. The number of hydrogen-bond acceptors (Lipinski definition) is 3. The lowest BCUT2D eigenvalue weighted by Crippen LogP contribution is -2.37. The van der Waals surface area contributed by atoms with E-state index in [1.54, 1.807) is 12.3 Å². The summed E-state index contributed by atoms with van der Waals surface area (Å²) in [5, 5.41) is 12.4. The number of rotatable bonds is 0. The van der Waals surface area contributed by atoms with E-state index in [9.17, 15) is 18.1 Å². The fourth-order valence-corrected chi connectivity index (χ4v) is 1.15. The molecule has 5 nitrogen and oxygen atoms in total. The van der Waals surface area contributed by atoms with E-state index in [1.807, 2.05) is 18.2 Å². The molecule has 1 aromatic carbocycles. The van der Waals surface area contributed by atoms with Gasteiger partial charge >= 0.3 is 6.18 Å². The number of nitroso groups, excluding NO2 is 1. The molecule has 0 saturated carbocycles. The SMILES string of the molecule is O=C([O-])C(F)(F)F.O=[N+]1N=CCc2ccccc21. The van der Waals surface area contributed by atoms with Crippen molar-refractivity contribution in [2.24, 2.45) is 5.10 Å². The summed E-state index contributed by atoms with van der Waals surface area (Å²) in [6.45, 7) is 0. The number of halogens is 3. The van der Waals surface area contributed by atoms with Gasteiger partial charge in [-0.2, -0.15) is 13.2 Å². The van der Waals surface area contributed by atoms with Crippen LogP contribution < -0.4 is 5.11 Å². The summed E-state index contributed by atoms with van der Waals surface area (Å²) >= 11 is 0. The number of aliphatic carboxylic acids is 1. The Kier molecular flexibility index (Phi) is 4.13. The van der Waals surface area contributed by atoms with Crippen LogP contribution in [0.4, 0.5) is 18.9 Å². The molecule has 18 heavy (non-hydrogen) atoms. The quantitative estimate of drug-likeness (QED) is 0.651. The number of para-hydroxylation sites is 1. The first-order chi connectivity index (χ1) is 8.32. The Hall–Kier alpha value is -2.25. The minimum Gasteiger partial charge on any atom is -0.542 e. The summed E-state index contributed by atoms with van der Waals surface area (Å²) in [4.78, 5) is 20.4. The van der Waals surface area contributed by atoms with E-state index in [1.165, 1.54) is 0 Å². The molecule has 0 radical (unpaired) electrons. The van der Waals surface area contributed by atoms with Crippen molar-refractivity contribution >= 4 is 17.9 Å². The average Bonchev–Trinajstić information content (AvgIpc) is 2.29. The highest BCUT2D eigenvalue weighted by Gasteiger charge is 2.28. The lowest BCUT2D eigenvalue weighted by Gasteiger charge is -2.03. The van der Waals surface area contributed by atoms with Gasteiger partial charge < -0.3 is 9.90 Å². The van der Waals surface area contributed by atoms with Gasteiger partial charge in [-0.15, -0.1) is 0 Å². The van der Waals surface area contributed by atoms with Gasteiger partial charge in [-0.25, -0.2) is 0 Å². The third kappa shape index (κ3) is 3.65. The van der Waals surface area contributed by atoms with Gasteiger partial charge in [0, 0.05) is 23.2 Å². The van der Waals surface area contributed by atoms with E-state index in [0.29, 0.717) is 10.6 Å². The molecule has 1 aromatic rings. The van der Waals surface area contributed by atoms with E-state index >= 15 is 0 Å². The Bertz CT molecular complexity index is 497. The second-order valence-electron chi connectivity index (χ2n) is 3.19. The Morgan fingerprint density at radius 2 is 1.89 bits per heavy atom. The molecular weight excluding hydrogens is 253 g/mol. The van der Waals surface area contributed by atoms with Crippen LogP contribution in [0.3, 0.4) is 0 Å². The Balaban J connectivity index is 0.000000203. The first kappa shape index (κ1) is 13.8. The smallest absolute Gasteiger partial charge is 0.430 e. The Morgan fingerprint density at radius 3 is 2.39 bits per heavy atom. The van der Waals surface area contributed by atoms with Crippen LogP contribution in [-0.4, -0.2) is 23.2 Å². The minimum absolute atomic E-state index is 0.652. The number of hydrogen-bond donors (Lipinski definition) is 0. The number of fused-ring (bicyclic) bond motifs is 1. The maximum Gasteiger partial charge on any atom is 0.430 e. The molecule has 96 valence electrons. The van der Waals surface area contributed by atoms with Crippen molar-refractivity contribution in [1.29, 1.82) is 0 Å². The van der Waals surface area contributed by atoms with Crippen LogP contribution >= 0.6 is 0 Å². The van der Waals surface area contributed by atoms with E-state index in [-0.39, 0.29) is 0 Å². The highest BCUT2D eigenvalue weighted by atomic mass is 19.4. The predicted molar refractivity (Wildman–Crippen MR) is 53.0 cm³/mol. The summed E-state index contributed by atoms with van der Waals surface area (Å²) in [5.74, 6) is -3.01. The average molecular weight is 260 g/mol. The van der Waals surface area contributed by atoms with Crippen molar-refractivity contribution in [3.63, 3.8) is 0 Å². The molecule has 1 aliphatic heterocycles. The molecule has 0 aliphatic carbocycles. The lowest BCUT2D eigenvalue weighted by atomic mass is 10.1. The molecular formula is C10H7F3N2O3. The monoisotopic (exact) mass is 260 g/mol. The molecule has 1 heterocycles. The second-order valence-corrected chi connectivity index (χ2v) is 3.19. The zero-order valence-electron chi connectivity index (χ0n) is 8.85. The molecule has 0 bridgehead atoms. The van der Waals surface area contributed by atoms with Crippen molar-refractivity contribution < 1.29 is 27.9 Å². The van der Waals surface area contributed by atoms with Gasteiger partial charge in [0.2, 0.25) is 0 Å². The van der Waals surface area contributed by atoms with Gasteiger partial charge in [0.15, 0.2) is 4.87 Å². The molecule has 0 aromatic heterocycles. The van der Waals surface area contributed by atoms with Crippen LogP contribution in [-0.2, 0) is 11.2 Å². The number of hydrazone groups is 1. The third-order valence-electron chi connectivity index (χ3n) is 1.93. The predicted octanol–water partition coefficient (Wildman–Crippen LogP) is 0.937. The zero-order valence-corrected chi connectivity index (χ0v) is 8.85. The van der Waals surface area contributed by atoms with Gasteiger partial charge in [-0.1, -0.05) is 18.2 Å². The van der Waals surface area contributed by atoms with Gasteiger partial charge in [0.25, 0.3) is 5.69 Å². The molecule has 0 saturated heterocycles. The van der Waals surface area contributed by atoms with Crippen molar-refractivity contribution in [2.75, 3.05) is 0 Å². The molecule has 1 aliphatic rings. The highest BCUT2D eigenvalue weighted by molar-refractivity contribution is 5.70. The van der Waals surface area contributed by atoms with Crippen molar-refractivity contribution in [3.8, 4) is 0 Å². The number of carboxylic acids is 1. The van der Waals surface area contributed by atoms with E-state index in [0.717, 1.165) is 12.0 Å².